The van der Waals surface area contributed by atoms with Crippen LogP contribution in [0.3, 0.4) is 0 Å². The number of aromatic nitrogens is 6. The van der Waals surface area contributed by atoms with Crippen LogP contribution in [0, 0.1) is 0 Å². The Labute approximate surface area is 368 Å². The fraction of sp³-hybridized carbons (Fsp3) is 0.375. The van der Waals surface area contributed by atoms with E-state index >= 15 is 0 Å². The van der Waals surface area contributed by atoms with Crippen molar-refractivity contribution in [1.29, 1.82) is 0 Å². The Morgan fingerprint density at radius 1 is 0.206 bits per heavy atom. The molecule has 330 valence electrons. The van der Waals surface area contributed by atoms with Crippen LogP contribution < -0.4 is 0 Å². The van der Waals surface area contributed by atoms with Crippen LogP contribution in [0.4, 0.5) is 0 Å². The van der Waals surface area contributed by atoms with E-state index in [2.05, 4.69) is 0 Å². The van der Waals surface area contributed by atoms with Crippen molar-refractivity contribution < 1.29 is 42.6 Å². The van der Waals surface area contributed by atoms with Gasteiger partial charge >= 0.3 is 0 Å². The van der Waals surface area contributed by atoms with E-state index < -0.39 is 0 Å². The van der Waals surface area contributed by atoms with Gasteiger partial charge in [-0.1, -0.05) is 36.4 Å². The number of fused-ring (bicyclic) bond motifs is 15. The van der Waals surface area contributed by atoms with Gasteiger partial charge in [-0.15, -0.1) is 0 Å². The number of rotatable bonds is 0. The molecule has 7 heterocycles. The summed E-state index contributed by atoms with van der Waals surface area (Å²) < 4.78 is 52.2. The van der Waals surface area contributed by atoms with Crippen LogP contribution in [0.25, 0.3) is 34.2 Å². The zero-order valence-corrected chi connectivity index (χ0v) is 35.5. The van der Waals surface area contributed by atoms with Crippen molar-refractivity contribution in [1.82, 2.24) is 29.9 Å². The molecule has 0 saturated carbocycles. The first-order valence-corrected chi connectivity index (χ1v) is 21.2. The van der Waals surface area contributed by atoms with Crippen molar-refractivity contribution in [3.63, 3.8) is 0 Å². The summed E-state index contributed by atoms with van der Waals surface area (Å²) in [5.41, 5.74) is 9.42. The molecule has 63 heavy (non-hydrogen) atoms. The predicted molar refractivity (Wildman–Crippen MR) is 233 cm³/mol. The number of ether oxygens (including phenoxy) is 9. The van der Waals surface area contributed by atoms with Gasteiger partial charge in [0.05, 0.1) is 187 Å². The minimum Gasteiger partial charge on any atom is -0.377 e. The van der Waals surface area contributed by atoms with Gasteiger partial charge in [0, 0.05) is 0 Å². The van der Waals surface area contributed by atoms with Gasteiger partial charge in [0.2, 0.25) is 0 Å². The lowest BCUT2D eigenvalue weighted by molar-refractivity contribution is 0.00601. The molecule has 7 rings (SSSR count). The highest BCUT2D eigenvalue weighted by Gasteiger charge is 2.09. The summed E-state index contributed by atoms with van der Waals surface area (Å²) in [5, 5.41) is 0. The molecular weight excluding hydrogens is 805 g/mol. The van der Waals surface area contributed by atoms with Crippen molar-refractivity contribution in [3.05, 3.63) is 143 Å². The van der Waals surface area contributed by atoms with Gasteiger partial charge in [0.1, 0.15) is 0 Å². The molecule has 0 aliphatic carbocycles. The standard InChI is InChI=1S/C48H54N6O9/c1-7-37-31-58-25-19-55-20-27-60-33-39-9-3-15-45(51-39)46-16-5-11-41(53-46)35-62-29-23-57-24-30-63-36-42-12-6-18-48(54-42)47-17-4-10-40(52-47)34-61-28-22-56-21-26-59-32-38-8-2-14-44(50-38)43(13-1)49-37/h1-18H,19-36H2. The molecule has 6 aromatic rings. The molecule has 1 aliphatic heterocycles. The smallest absolute Gasteiger partial charge is 0.0890 e. The SMILES string of the molecule is c1cc2nc(c1)-c1cccc(n1)COCCOCCOCc1cccc(n1)-c1cccc(n1)COCCOCCOCc1cccc(n1)-c1cccc(n1)COCCOCCOC2. The number of hydrogen-bond acceptors (Lipinski definition) is 15. The largest absolute Gasteiger partial charge is 0.377 e. The highest BCUT2D eigenvalue weighted by atomic mass is 16.6. The minimum absolute atomic E-state index is 0.357. The lowest BCUT2D eigenvalue weighted by Gasteiger charge is -2.09. The topological polar surface area (TPSA) is 160 Å². The van der Waals surface area contributed by atoms with Crippen molar-refractivity contribution in [2.45, 2.75) is 39.6 Å². The maximum Gasteiger partial charge on any atom is 0.0890 e. The molecule has 0 spiro atoms. The molecule has 15 nitrogen and oxygen atoms in total. The van der Waals surface area contributed by atoms with E-state index in [4.69, 9.17) is 72.5 Å². The molecule has 0 amide bonds. The highest BCUT2D eigenvalue weighted by Crippen LogP contribution is 2.19. The van der Waals surface area contributed by atoms with Crippen LogP contribution in [0.2, 0.25) is 0 Å². The van der Waals surface area contributed by atoms with E-state index in [0.717, 1.165) is 68.3 Å². The molecule has 1 aliphatic rings. The Balaban J connectivity index is 0.900. The molecule has 6 aromatic heterocycles. The van der Waals surface area contributed by atoms with Gasteiger partial charge in [-0.3, -0.25) is 0 Å². The number of hydrogen-bond donors (Lipinski definition) is 0. The van der Waals surface area contributed by atoms with Gasteiger partial charge in [0.25, 0.3) is 0 Å². The Morgan fingerprint density at radius 2 is 0.365 bits per heavy atom. The summed E-state index contributed by atoms with van der Waals surface area (Å²) in [6.07, 6.45) is 0. The van der Waals surface area contributed by atoms with Gasteiger partial charge in [0.15, 0.2) is 0 Å². The monoisotopic (exact) mass is 858 g/mol. The minimum atomic E-state index is 0.357. The fourth-order valence-electron chi connectivity index (χ4n) is 6.29. The first kappa shape index (κ1) is 45.6. The molecule has 0 N–H and O–H groups in total. The maximum atomic E-state index is 5.84. The molecule has 0 fully saturated rings. The van der Waals surface area contributed by atoms with E-state index in [1.165, 1.54) is 0 Å². The number of nitrogens with zero attached hydrogens (tertiary/aromatic N) is 6. The Hall–Kier alpha value is -5.46. The highest BCUT2D eigenvalue weighted by molar-refractivity contribution is 5.56. The van der Waals surface area contributed by atoms with Crippen LogP contribution in [0.15, 0.2) is 109 Å². The van der Waals surface area contributed by atoms with E-state index in [1.54, 1.807) is 0 Å². The fourth-order valence-corrected chi connectivity index (χ4v) is 6.29. The second-order valence-electron chi connectivity index (χ2n) is 14.2. The zero-order chi connectivity index (χ0) is 43.0. The van der Waals surface area contributed by atoms with Crippen molar-refractivity contribution in [2.24, 2.45) is 0 Å². The van der Waals surface area contributed by atoms with E-state index in [-0.39, 0.29) is 0 Å². The summed E-state index contributed by atoms with van der Waals surface area (Å²) in [5.74, 6) is 0. The lowest BCUT2D eigenvalue weighted by atomic mass is 10.2. The summed E-state index contributed by atoms with van der Waals surface area (Å²) >= 11 is 0. The van der Waals surface area contributed by atoms with Gasteiger partial charge in [-0.2, -0.15) is 0 Å². The van der Waals surface area contributed by atoms with E-state index in [0.29, 0.717) is 119 Å². The Morgan fingerprint density at radius 3 is 0.540 bits per heavy atom. The molecule has 0 unspecified atom stereocenters. The molecule has 15 heteroatoms. The average molecular weight is 859 g/mol. The van der Waals surface area contributed by atoms with Crippen molar-refractivity contribution >= 4 is 0 Å². The van der Waals surface area contributed by atoms with Crippen molar-refractivity contribution in [2.75, 3.05) is 79.3 Å². The van der Waals surface area contributed by atoms with Gasteiger partial charge in [-0.05, 0) is 72.8 Å². The third kappa shape index (κ3) is 16.0. The molecule has 0 radical (unpaired) electrons. The zero-order valence-electron chi connectivity index (χ0n) is 35.5. The second kappa shape index (κ2) is 26.2. The van der Waals surface area contributed by atoms with Crippen LogP contribution >= 0.6 is 0 Å². The molecule has 0 saturated heterocycles. The summed E-state index contributed by atoms with van der Waals surface area (Å²) in [6.45, 7) is 7.34. The third-order valence-electron chi connectivity index (χ3n) is 9.36. The molecule has 0 aromatic carbocycles. The second-order valence-corrected chi connectivity index (χ2v) is 14.2. The summed E-state index contributed by atoms with van der Waals surface area (Å²) in [6, 6.07) is 35.0. The van der Waals surface area contributed by atoms with Gasteiger partial charge < -0.3 is 42.6 Å². The first-order chi connectivity index (χ1) is 31.2. The van der Waals surface area contributed by atoms with E-state index in [9.17, 15) is 0 Å². The van der Waals surface area contributed by atoms with Crippen LogP contribution in [-0.4, -0.2) is 109 Å². The lowest BCUT2D eigenvalue weighted by Crippen LogP contribution is -2.10. The van der Waals surface area contributed by atoms with E-state index in [1.807, 2.05) is 109 Å². The molecule has 0 atom stereocenters. The van der Waals surface area contributed by atoms with Crippen LogP contribution in [0.5, 0.6) is 0 Å². The Bertz CT molecular complexity index is 1860. The predicted octanol–water partition coefficient (Wildman–Crippen LogP) is 6.62. The number of pyridine rings is 6. The molecular formula is C48H54N6O9. The van der Waals surface area contributed by atoms with Crippen LogP contribution in [0.1, 0.15) is 34.2 Å². The summed E-state index contributed by atoms with van der Waals surface area (Å²) in [7, 11) is 0. The third-order valence-corrected chi connectivity index (χ3v) is 9.36. The molecule has 12 bridgehead atoms. The van der Waals surface area contributed by atoms with Crippen molar-refractivity contribution in [3.8, 4) is 34.2 Å². The quantitative estimate of drug-likeness (QED) is 0.160. The normalized spacial score (nSPS) is 16.8. The summed E-state index contributed by atoms with van der Waals surface area (Å²) in [4.78, 5) is 28.6. The van der Waals surface area contributed by atoms with Gasteiger partial charge in [-0.25, -0.2) is 29.9 Å². The first-order valence-electron chi connectivity index (χ1n) is 21.2. The average Bonchev–Trinajstić information content (AvgIpc) is 3.33. The van der Waals surface area contributed by atoms with Crippen LogP contribution in [-0.2, 0) is 82.3 Å². The Kier molecular flexibility index (Phi) is 19.0. The maximum absolute atomic E-state index is 5.84.